The maximum Gasteiger partial charge on any atom is 0.329 e. The summed E-state index contributed by atoms with van der Waals surface area (Å²) in [5, 5.41) is 15.0. The van der Waals surface area contributed by atoms with Crippen molar-refractivity contribution in [1.29, 1.82) is 0 Å². The highest BCUT2D eigenvalue weighted by molar-refractivity contribution is 6.34. The van der Waals surface area contributed by atoms with Crippen molar-refractivity contribution in [3.05, 3.63) is 28.8 Å². The molecule has 7 nitrogen and oxygen atoms in total. The number of carboxylic acids is 1. The van der Waals surface area contributed by atoms with Crippen LogP contribution in [0.2, 0.25) is 5.02 Å². The minimum absolute atomic E-state index is 0.168. The lowest BCUT2D eigenvalue weighted by Gasteiger charge is -2.26. The first-order valence-corrected chi connectivity index (χ1v) is 8.22. The number of anilines is 1. The third-order valence-electron chi connectivity index (χ3n) is 4.58. The number of benzene rings is 1. The number of hydrogen-bond acceptors (Lipinski definition) is 3. The highest BCUT2D eigenvalue weighted by Crippen LogP contribution is 2.31. The Balaban J connectivity index is 1.86. The molecule has 1 aliphatic heterocycles. The number of nitrogens with zero attached hydrogens (tertiary/aromatic N) is 1. The summed E-state index contributed by atoms with van der Waals surface area (Å²) < 4.78 is 0. The van der Waals surface area contributed by atoms with E-state index < -0.39 is 17.4 Å². The molecule has 0 atom stereocenters. The van der Waals surface area contributed by atoms with Crippen LogP contribution in [0.15, 0.2) is 18.2 Å². The van der Waals surface area contributed by atoms with Crippen molar-refractivity contribution in [3.8, 4) is 0 Å². The molecule has 24 heavy (non-hydrogen) atoms. The predicted octanol–water partition coefficient (Wildman–Crippen LogP) is 2.00. The van der Waals surface area contributed by atoms with Crippen molar-refractivity contribution in [3.63, 3.8) is 0 Å². The highest BCUT2D eigenvalue weighted by atomic mass is 35.5. The van der Waals surface area contributed by atoms with Crippen LogP contribution in [0.1, 0.15) is 36.0 Å². The fraction of sp³-hybridized carbons (Fsp3) is 0.438. The van der Waals surface area contributed by atoms with Gasteiger partial charge in [0.15, 0.2) is 0 Å². The van der Waals surface area contributed by atoms with Gasteiger partial charge in [-0.2, -0.15) is 0 Å². The Bertz CT molecular complexity index is 701. The van der Waals surface area contributed by atoms with E-state index >= 15 is 0 Å². The van der Waals surface area contributed by atoms with Gasteiger partial charge in [-0.05, 0) is 31.0 Å². The first-order chi connectivity index (χ1) is 11.4. The van der Waals surface area contributed by atoms with E-state index in [1.807, 2.05) is 0 Å². The van der Waals surface area contributed by atoms with E-state index in [1.54, 1.807) is 12.1 Å². The van der Waals surface area contributed by atoms with Crippen LogP contribution in [0.3, 0.4) is 0 Å². The average molecular weight is 352 g/mol. The van der Waals surface area contributed by atoms with E-state index in [0.717, 1.165) is 12.8 Å². The number of amides is 3. The zero-order chi connectivity index (χ0) is 17.3. The smallest absolute Gasteiger partial charge is 0.329 e. The van der Waals surface area contributed by atoms with Gasteiger partial charge in [-0.1, -0.05) is 24.4 Å². The normalized spacial score (nSPS) is 19.2. The lowest BCUT2D eigenvalue weighted by molar-refractivity contribution is -0.144. The van der Waals surface area contributed by atoms with Crippen molar-refractivity contribution in [2.24, 2.45) is 0 Å². The molecule has 3 amide bonds. The summed E-state index contributed by atoms with van der Waals surface area (Å²) in [6.45, 7) is 1.03. The van der Waals surface area contributed by atoms with Gasteiger partial charge in [0.2, 0.25) is 0 Å². The molecule has 0 unspecified atom stereocenters. The lowest BCUT2D eigenvalue weighted by Crippen LogP contribution is -2.52. The summed E-state index contributed by atoms with van der Waals surface area (Å²) in [7, 11) is 0. The summed E-state index contributed by atoms with van der Waals surface area (Å²) in [5.41, 5.74) is -0.515. The summed E-state index contributed by atoms with van der Waals surface area (Å²) in [6, 6.07) is 4.49. The molecular formula is C16H18ClN3O4. The maximum atomic E-state index is 12.6. The largest absolute Gasteiger partial charge is 0.480 e. The van der Waals surface area contributed by atoms with Crippen molar-refractivity contribution < 1.29 is 19.5 Å². The van der Waals surface area contributed by atoms with E-state index in [0.29, 0.717) is 31.6 Å². The lowest BCUT2D eigenvalue weighted by atomic mass is 9.97. The molecule has 3 rings (SSSR count). The molecule has 1 saturated heterocycles. The van der Waals surface area contributed by atoms with Crippen LogP contribution in [0.5, 0.6) is 0 Å². The number of rotatable bonds is 4. The van der Waals surface area contributed by atoms with Crippen LogP contribution in [0, 0.1) is 0 Å². The molecule has 1 saturated carbocycles. The number of carboxylic acid groups (broad SMARTS) is 1. The van der Waals surface area contributed by atoms with Gasteiger partial charge in [-0.15, -0.1) is 0 Å². The van der Waals surface area contributed by atoms with Crippen LogP contribution in [-0.4, -0.2) is 41.6 Å². The van der Waals surface area contributed by atoms with E-state index in [4.69, 9.17) is 11.6 Å². The Morgan fingerprint density at radius 1 is 1.29 bits per heavy atom. The van der Waals surface area contributed by atoms with Crippen molar-refractivity contribution in [2.45, 2.75) is 31.2 Å². The molecule has 1 aliphatic carbocycles. The SMILES string of the molecule is O=C(NC1(C(=O)O)CCCC1)c1cc(N2CCNC2=O)ccc1Cl. The minimum atomic E-state index is -1.23. The second-order valence-electron chi connectivity index (χ2n) is 6.10. The topological polar surface area (TPSA) is 98.7 Å². The summed E-state index contributed by atoms with van der Waals surface area (Å²) in [6.07, 6.45) is 2.32. The van der Waals surface area contributed by atoms with Crippen LogP contribution in [0.4, 0.5) is 10.5 Å². The van der Waals surface area contributed by atoms with Gasteiger partial charge in [0, 0.05) is 18.8 Å². The first-order valence-electron chi connectivity index (χ1n) is 7.84. The van der Waals surface area contributed by atoms with Gasteiger partial charge in [0.05, 0.1) is 10.6 Å². The van der Waals surface area contributed by atoms with Crippen LogP contribution < -0.4 is 15.5 Å². The number of aliphatic carboxylic acids is 1. The maximum absolute atomic E-state index is 12.6. The quantitative estimate of drug-likeness (QED) is 0.772. The Labute approximate surface area is 144 Å². The molecule has 0 bridgehead atoms. The Morgan fingerprint density at radius 2 is 2.00 bits per heavy atom. The van der Waals surface area contributed by atoms with Gasteiger partial charge in [0.25, 0.3) is 5.91 Å². The van der Waals surface area contributed by atoms with E-state index in [1.165, 1.54) is 11.0 Å². The molecule has 1 heterocycles. The van der Waals surface area contributed by atoms with E-state index in [2.05, 4.69) is 10.6 Å². The second-order valence-corrected chi connectivity index (χ2v) is 6.50. The molecule has 3 N–H and O–H groups in total. The fourth-order valence-electron chi connectivity index (χ4n) is 3.23. The molecular weight excluding hydrogens is 334 g/mol. The summed E-state index contributed by atoms with van der Waals surface area (Å²) >= 11 is 6.12. The van der Waals surface area contributed by atoms with Crippen LogP contribution in [-0.2, 0) is 4.79 Å². The molecule has 1 aromatic rings. The Kier molecular flexibility index (Phi) is 4.36. The van der Waals surface area contributed by atoms with Gasteiger partial charge < -0.3 is 15.7 Å². The van der Waals surface area contributed by atoms with Gasteiger partial charge in [-0.3, -0.25) is 9.69 Å². The number of carbonyl (C=O) groups excluding carboxylic acids is 2. The monoisotopic (exact) mass is 351 g/mol. The third-order valence-corrected chi connectivity index (χ3v) is 4.91. The zero-order valence-corrected chi connectivity index (χ0v) is 13.7. The van der Waals surface area contributed by atoms with Crippen LogP contribution in [0.25, 0.3) is 0 Å². The van der Waals surface area contributed by atoms with Crippen molar-refractivity contribution in [2.75, 3.05) is 18.0 Å². The molecule has 2 aliphatic rings. The zero-order valence-electron chi connectivity index (χ0n) is 13.0. The van der Waals surface area contributed by atoms with Crippen molar-refractivity contribution in [1.82, 2.24) is 10.6 Å². The van der Waals surface area contributed by atoms with E-state index in [9.17, 15) is 19.5 Å². The number of hydrogen-bond donors (Lipinski definition) is 3. The summed E-state index contributed by atoms with van der Waals surface area (Å²) in [5.74, 6) is -1.56. The summed E-state index contributed by atoms with van der Waals surface area (Å²) in [4.78, 5) is 37.5. The van der Waals surface area contributed by atoms with Gasteiger partial charge in [0.1, 0.15) is 5.54 Å². The number of urea groups is 1. The van der Waals surface area contributed by atoms with Crippen LogP contribution >= 0.6 is 11.6 Å². The third kappa shape index (κ3) is 2.91. The number of halogens is 1. The number of carbonyl (C=O) groups is 3. The average Bonchev–Trinajstić information content (AvgIpc) is 3.18. The number of nitrogens with one attached hydrogen (secondary N) is 2. The standard InChI is InChI=1S/C16H18ClN3O4/c17-12-4-3-10(20-8-7-18-15(20)24)9-11(12)13(21)19-16(14(22)23)5-1-2-6-16/h3-4,9H,1-2,5-8H2,(H,18,24)(H,19,21)(H,22,23). The molecule has 2 fully saturated rings. The Morgan fingerprint density at radius 3 is 2.58 bits per heavy atom. The first kappa shape index (κ1) is 16.6. The molecule has 8 heteroatoms. The highest BCUT2D eigenvalue weighted by Gasteiger charge is 2.43. The molecule has 128 valence electrons. The minimum Gasteiger partial charge on any atom is -0.480 e. The molecule has 0 radical (unpaired) electrons. The molecule has 0 aromatic heterocycles. The van der Waals surface area contributed by atoms with Gasteiger partial charge >= 0.3 is 12.0 Å². The second kappa shape index (κ2) is 6.32. The van der Waals surface area contributed by atoms with E-state index in [-0.39, 0.29) is 16.6 Å². The molecule has 1 aromatic carbocycles. The fourth-order valence-corrected chi connectivity index (χ4v) is 3.43. The van der Waals surface area contributed by atoms with Gasteiger partial charge in [-0.25, -0.2) is 9.59 Å². The predicted molar refractivity (Wildman–Crippen MR) is 88.5 cm³/mol. The van der Waals surface area contributed by atoms with Crippen molar-refractivity contribution >= 4 is 35.2 Å². The Hall–Kier alpha value is -2.28. The molecule has 0 spiro atoms.